The van der Waals surface area contributed by atoms with Crippen molar-refractivity contribution in [3.05, 3.63) is 41.6 Å². The number of hydrogen-bond donors (Lipinski definition) is 1. The van der Waals surface area contributed by atoms with Crippen molar-refractivity contribution in [2.45, 2.75) is 26.8 Å². The highest BCUT2D eigenvalue weighted by Crippen LogP contribution is 2.19. The van der Waals surface area contributed by atoms with Crippen LogP contribution in [0.4, 0.5) is 0 Å². The van der Waals surface area contributed by atoms with Gasteiger partial charge < -0.3 is 5.11 Å². The fraction of sp³-hybridized carbons (Fsp3) is 0.438. The van der Waals surface area contributed by atoms with E-state index in [0.717, 1.165) is 37.3 Å². The molecule has 0 bridgehead atoms. The molecule has 0 radical (unpaired) electrons. The summed E-state index contributed by atoms with van der Waals surface area (Å²) in [6.07, 6.45) is 1.10. The first-order chi connectivity index (χ1) is 9.24. The van der Waals surface area contributed by atoms with Gasteiger partial charge >= 0.3 is 0 Å². The Morgan fingerprint density at radius 1 is 1.21 bits per heavy atom. The molecule has 19 heavy (non-hydrogen) atoms. The molecule has 0 aliphatic carbocycles. The Morgan fingerprint density at radius 2 is 2.00 bits per heavy atom. The predicted molar refractivity (Wildman–Crippen MR) is 79.1 cm³/mol. The zero-order chi connectivity index (χ0) is 13.7. The number of para-hydroxylation sites is 1. The number of aliphatic hydroxyl groups excluding tert-OH is 1. The summed E-state index contributed by atoms with van der Waals surface area (Å²) < 4.78 is 0. The van der Waals surface area contributed by atoms with Gasteiger partial charge in [-0.3, -0.25) is 9.88 Å². The topological polar surface area (TPSA) is 36.4 Å². The number of pyridine rings is 1. The molecule has 0 aliphatic heterocycles. The average molecular weight is 258 g/mol. The summed E-state index contributed by atoms with van der Waals surface area (Å²) in [6, 6.07) is 10.4. The summed E-state index contributed by atoms with van der Waals surface area (Å²) in [4.78, 5) is 6.86. The SMILES string of the molecule is CCCN(CCO)Cc1cc(C)nc2ccccc12. The van der Waals surface area contributed by atoms with Gasteiger partial charge in [-0.25, -0.2) is 0 Å². The maximum absolute atomic E-state index is 9.16. The maximum Gasteiger partial charge on any atom is 0.0708 e. The number of aliphatic hydroxyl groups is 1. The van der Waals surface area contributed by atoms with Gasteiger partial charge in [0.05, 0.1) is 12.1 Å². The number of aromatic nitrogens is 1. The van der Waals surface area contributed by atoms with E-state index in [0.29, 0.717) is 0 Å². The van der Waals surface area contributed by atoms with Gasteiger partial charge in [0.15, 0.2) is 0 Å². The summed E-state index contributed by atoms with van der Waals surface area (Å²) in [5.41, 5.74) is 3.40. The summed E-state index contributed by atoms with van der Waals surface area (Å²) in [5.74, 6) is 0. The lowest BCUT2D eigenvalue weighted by Gasteiger charge is -2.21. The number of rotatable bonds is 6. The van der Waals surface area contributed by atoms with Crippen LogP contribution in [0.25, 0.3) is 10.9 Å². The molecule has 1 aromatic carbocycles. The van der Waals surface area contributed by atoms with Gasteiger partial charge in [-0.05, 0) is 37.6 Å². The van der Waals surface area contributed by atoms with Crippen LogP contribution in [0.3, 0.4) is 0 Å². The second-order valence-electron chi connectivity index (χ2n) is 4.94. The lowest BCUT2D eigenvalue weighted by Crippen LogP contribution is -2.27. The van der Waals surface area contributed by atoms with Gasteiger partial charge in [0, 0.05) is 24.2 Å². The van der Waals surface area contributed by atoms with Crippen LogP contribution in [-0.2, 0) is 6.54 Å². The van der Waals surface area contributed by atoms with E-state index >= 15 is 0 Å². The van der Waals surface area contributed by atoms with Crippen LogP contribution in [-0.4, -0.2) is 34.7 Å². The first-order valence-corrected chi connectivity index (χ1v) is 6.93. The van der Waals surface area contributed by atoms with E-state index in [-0.39, 0.29) is 6.61 Å². The van der Waals surface area contributed by atoms with E-state index < -0.39 is 0 Å². The van der Waals surface area contributed by atoms with E-state index in [1.54, 1.807) is 0 Å². The minimum Gasteiger partial charge on any atom is -0.395 e. The van der Waals surface area contributed by atoms with Crippen molar-refractivity contribution in [3.63, 3.8) is 0 Å². The average Bonchev–Trinajstić information content (AvgIpc) is 2.39. The molecule has 1 N–H and O–H groups in total. The summed E-state index contributed by atoms with van der Waals surface area (Å²) in [5, 5.41) is 10.4. The molecule has 0 spiro atoms. The molecular formula is C16H22N2O. The molecule has 1 heterocycles. The molecule has 0 aliphatic rings. The molecule has 0 unspecified atom stereocenters. The molecule has 0 atom stereocenters. The largest absolute Gasteiger partial charge is 0.395 e. The molecule has 0 saturated heterocycles. The van der Waals surface area contributed by atoms with Crippen molar-refractivity contribution in [2.75, 3.05) is 19.7 Å². The minimum absolute atomic E-state index is 0.210. The van der Waals surface area contributed by atoms with E-state index in [4.69, 9.17) is 5.11 Å². The first kappa shape index (κ1) is 14.0. The van der Waals surface area contributed by atoms with Crippen LogP contribution < -0.4 is 0 Å². The molecule has 3 heteroatoms. The number of hydrogen-bond acceptors (Lipinski definition) is 3. The van der Waals surface area contributed by atoms with E-state index in [1.807, 2.05) is 13.0 Å². The zero-order valence-electron chi connectivity index (χ0n) is 11.8. The zero-order valence-corrected chi connectivity index (χ0v) is 11.8. The van der Waals surface area contributed by atoms with Crippen molar-refractivity contribution < 1.29 is 5.11 Å². The second-order valence-corrected chi connectivity index (χ2v) is 4.94. The molecule has 2 rings (SSSR count). The minimum atomic E-state index is 0.210. The Balaban J connectivity index is 2.32. The first-order valence-electron chi connectivity index (χ1n) is 6.93. The smallest absolute Gasteiger partial charge is 0.0708 e. The van der Waals surface area contributed by atoms with Gasteiger partial charge in [-0.2, -0.15) is 0 Å². The van der Waals surface area contributed by atoms with E-state index in [2.05, 4.69) is 41.1 Å². The normalized spacial score (nSPS) is 11.4. The van der Waals surface area contributed by atoms with Crippen molar-refractivity contribution in [2.24, 2.45) is 0 Å². The fourth-order valence-electron chi connectivity index (χ4n) is 2.49. The van der Waals surface area contributed by atoms with Crippen molar-refractivity contribution >= 4 is 10.9 Å². The van der Waals surface area contributed by atoms with Crippen LogP contribution in [0.5, 0.6) is 0 Å². The quantitative estimate of drug-likeness (QED) is 0.865. The molecule has 0 saturated carbocycles. The molecular weight excluding hydrogens is 236 g/mol. The Kier molecular flexibility index (Phi) is 4.88. The second kappa shape index (κ2) is 6.64. The van der Waals surface area contributed by atoms with E-state index in [1.165, 1.54) is 10.9 Å². The third kappa shape index (κ3) is 3.52. The molecule has 0 fully saturated rings. The fourth-order valence-corrected chi connectivity index (χ4v) is 2.49. The van der Waals surface area contributed by atoms with Crippen LogP contribution in [0.15, 0.2) is 30.3 Å². The third-order valence-corrected chi connectivity index (χ3v) is 3.28. The highest BCUT2D eigenvalue weighted by Gasteiger charge is 2.08. The molecule has 0 amide bonds. The Bertz CT molecular complexity index is 533. The molecule has 2 aromatic rings. The summed E-state index contributed by atoms with van der Waals surface area (Å²) in [6.45, 7) is 7.02. The number of benzene rings is 1. The lowest BCUT2D eigenvalue weighted by molar-refractivity contribution is 0.191. The monoisotopic (exact) mass is 258 g/mol. The highest BCUT2D eigenvalue weighted by atomic mass is 16.3. The van der Waals surface area contributed by atoms with Crippen molar-refractivity contribution in [3.8, 4) is 0 Å². The highest BCUT2D eigenvalue weighted by molar-refractivity contribution is 5.82. The Hall–Kier alpha value is -1.45. The number of fused-ring (bicyclic) bond motifs is 1. The van der Waals surface area contributed by atoms with E-state index in [9.17, 15) is 0 Å². The van der Waals surface area contributed by atoms with Gasteiger partial charge in [0.1, 0.15) is 0 Å². The Morgan fingerprint density at radius 3 is 2.74 bits per heavy atom. The van der Waals surface area contributed by atoms with Crippen LogP contribution in [0.2, 0.25) is 0 Å². The Labute approximate surface area is 114 Å². The van der Waals surface area contributed by atoms with Crippen LogP contribution in [0, 0.1) is 6.92 Å². The molecule has 102 valence electrons. The van der Waals surface area contributed by atoms with Crippen molar-refractivity contribution in [1.82, 2.24) is 9.88 Å². The summed E-state index contributed by atoms with van der Waals surface area (Å²) >= 11 is 0. The molecule has 3 nitrogen and oxygen atoms in total. The number of nitrogens with zero attached hydrogens (tertiary/aromatic N) is 2. The third-order valence-electron chi connectivity index (χ3n) is 3.28. The van der Waals surface area contributed by atoms with Crippen molar-refractivity contribution in [1.29, 1.82) is 0 Å². The van der Waals surface area contributed by atoms with Gasteiger partial charge in [-0.1, -0.05) is 25.1 Å². The summed E-state index contributed by atoms with van der Waals surface area (Å²) in [7, 11) is 0. The maximum atomic E-state index is 9.16. The molecule has 1 aromatic heterocycles. The standard InChI is InChI=1S/C16H22N2O/c1-3-8-18(9-10-19)12-14-11-13(2)17-16-7-5-4-6-15(14)16/h4-7,11,19H,3,8-10,12H2,1-2H3. The van der Waals surface area contributed by atoms with Gasteiger partial charge in [-0.15, -0.1) is 0 Å². The van der Waals surface area contributed by atoms with Crippen LogP contribution >= 0.6 is 0 Å². The van der Waals surface area contributed by atoms with Gasteiger partial charge in [0.25, 0.3) is 0 Å². The predicted octanol–water partition coefficient (Wildman–Crippen LogP) is 2.75. The number of aryl methyl sites for hydroxylation is 1. The lowest BCUT2D eigenvalue weighted by atomic mass is 10.1. The van der Waals surface area contributed by atoms with Crippen LogP contribution in [0.1, 0.15) is 24.6 Å². The van der Waals surface area contributed by atoms with Gasteiger partial charge in [0.2, 0.25) is 0 Å².